The van der Waals surface area contributed by atoms with Gasteiger partial charge < -0.3 is 15.0 Å². The van der Waals surface area contributed by atoms with E-state index >= 15 is 0 Å². The van der Waals surface area contributed by atoms with Gasteiger partial charge in [0.2, 0.25) is 0 Å². The second kappa shape index (κ2) is 7.86. The van der Waals surface area contributed by atoms with E-state index in [-0.39, 0.29) is 6.03 Å². The number of carbonyl (C=O) groups is 1. The van der Waals surface area contributed by atoms with Gasteiger partial charge in [-0.3, -0.25) is 0 Å². The zero-order chi connectivity index (χ0) is 16.8. The molecular formula is C20H24N2O2. The molecule has 2 aromatic rings. The van der Waals surface area contributed by atoms with E-state index in [1.165, 1.54) is 11.1 Å². The molecule has 0 radical (unpaired) electrons. The normalized spacial score (nSPS) is 13.3. The van der Waals surface area contributed by atoms with Crippen molar-refractivity contribution >= 4 is 11.7 Å². The molecule has 0 unspecified atom stereocenters. The van der Waals surface area contributed by atoms with Gasteiger partial charge in [0.1, 0.15) is 5.75 Å². The van der Waals surface area contributed by atoms with Gasteiger partial charge in [0.05, 0.1) is 6.61 Å². The number of rotatable bonds is 5. The third kappa shape index (κ3) is 4.07. The number of carbonyl (C=O) groups excluding carboxylic acids is 1. The molecule has 1 aliphatic rings. The zero-order valence-electron chi connectivity index (χ0n) is 14.1. The van der Waals surface area contributed by atoms with Crippen LogP contribution in [0.3, 0.4) is 0 Å². The van der Waals surface area contributed by atoms with E-state index in [1.807, 2.05) is 35.2 Å². The Bertz CT molecular complexity index is 682. The van der Waals surface area contributed by atoms with Crippen LogP contribution in [-0.2, 0) is 13.0 Å². The van der Waals surface area contributed by atoms with Crippen LogP contribution in [-0.4, -0.2) is 24.1 Å². The van der Waals surface area contributed by atoms with E-state index in [1.54, 1.807) is 0 Å². The van der Waals surface area contributed by atoms with Gasteiger partial charge in [-0.15, -0.1) is 0 Å². The Balaban J connectivity index is 1.55. The summed E-state index contributed by atoms with van der Waals surface area (Å²) >= 11 is 0. The average Bonchev–Trinajstić information content (AvgIpc) is 2.63. The summed E-state index contributed by atoms with van der Waals surface area (Å²) in [4.78, 5) is 14.3. The molecule has 2 aromatic carbocycles. The molecule has 0 atom stereocenters. The standard InChI is InChI=1S/C20H24N2O2/c1-2-3-14-24-19-10-8-18(9-11-19)21-20(23)22-13-12-16-6-4-5-7-17(16)15-22/h4-11H,2-3,12-15H2,1H3,(H,21,23). The Kier molecular flexibility index (Phi) is 5.36. The van der Waals surface area contributed by atoms with Crippen molar-refractivity contribution in [3.05, 3.63) is 59.7 Å². The summed E-state index contributed by atoms with van der Waals surface area (Å²) < 4.78 is 5.64. The van der Waals surface area contributed by atoms with Gasteiger partial charge in [0, 0.05) is 18.8 Å². The summed E-state index contributed by atoms with van der Waals surface area (Å²) in [5, 5.41) is 2.97. The number of hydrogen-bond acceptors (Lipinski definition) is 2. The van der Waals surface area contributed by atoms with Crippen molar-refractivity contribution in [1.29, 1.82) is 0 Å². The lowest BCUT2D eigenvalue weighted by molar-refractivity contribution is 0.206. The summed E-state index contributed by atoms with van der Waals surface area (Å²) in [5.74, 6) is 0.841. The van der Waals surface area contributed by atoms with Crippen LogP contribution in [0.25, 0.3) is 0 Å². The molecule has 0 fully saturated rings. The number of unbranched alkanes of at least 4 members (excludes halogenated alkanes) is 1. The maximum atomic E-state index is 12.5. The van der Waals surface area contributed by atoms with Crippen molar-refractivity contribution in [2.75, 3.05) is 18.5 Å². The highest BCUT2D eigenvalue weighted by molar-refractivity contribution is 5.89. The highest BCUT2D eigenvalue weighted by Gasteiger charge is 2.20. The molecule has 3 rings (SSSR count). The van der Waals surface area contributed by atoms with Gasteiger partial charge in [-0.05, 0) is 48.2 Å². The van der Waals surface area contributed by atoms with Crippen molar-refractivity contribution in [2.24, 2.45) is 0 Å². The Hall–Kier alpha value is -2.49. The van der Waals surface area contributed by atoms with Crippen LogP contribution in [0.15, 0.2) is 48.5 Å². The number of fused-ring (bicyclic) bond motifs is 1. The largest absolute Gasteiger partial charge is 0.494 e. The lowest BCUT2D eigenvalue weighted by Crippen LogP contribution is -2.38. The van der Waals surface area contributed by atoms with Crippen molar-refractivity contribution in [3.8, 4) is 5.75 Å². The second-order valence-corrected chi connectivity index (χ2v) is 6.10. The number of benzene rings is 2. The monoisotopic (exact) mass is 324 g/mol. The molecule has 4 heteroatoms. The highest BCUT2D eigenvalue weighted by Crippen LogP contribution is 2.20. The molecule has 1 N–H and O–H groups in total. The molecule has 0 bridgehead atoms. The Morgan fingerprint density at radius 3 is 2.62 bits per heavy atom. The molecule has 0 saturated carbocycles. The summed E-state index contributed by atoms with van der Waals surface area (Å²) in [6.45, 7) is 4.29. The first-order valence-corrected chi connectivity index (χ1v) is 8.62. The van der Waals surface area contributed by atoms with Crippen LogP contribution < -0.4 is 10.1 Å². The minimum Gasteiger partial charge on any atom is -0.494 e. The number of amides is 2. The average molecular weight is 324 g/mol. The smallest absolute Gasteiger partial charge is 0.322 e. The van der Waals surface area contributed by atoms with Crippen LogP contribution in [0.5, 0.6) is 5.75 Å². The van der Waals surface area contributed by atoms with Crippen LogP contribution in [0.2, 0.25) is 0 Å². The molecule has 1 heterocycles. The third-order valence-electron chi connectivity index (χ3n) is 4.29. The SMILES string of the molecule is CCCCOc1ccc(NC(=O)N2CCc3ccccc3C2)cc1. The van der Waals surface area contributed by atoms with Crippen molar-refractivity contribution in [3.63, 3.8) is 0 Å². The summed E-state index contributed by atoms with van der Waals surface area (Å²) in [7, 11) is 0. The van der Waals surface area contributed by atoms with E-state index in [0.717, 1.165) is 43.9 Å². The molecule has 126 valence electrons. The first-order valence-electron chi connectivity index (χ1n) is 8.62. The van der Waals surface area contributed by atoms with E-state index in [2.05, 4.69) is 30.4 Å². The first kappa shape index (κ1) is 16.4. The van der Waals surface area contributed by atoms with Gasteiger partial charge in [-0.2, -0.15) is 0 Å². The molecule has 0 saturated heterocycles. The predicted molar refractivity (Wildman–Crippen MR) is 96.4 cm³/mol. The number of anilines is 1. The van der Waals surface area contributed by atoms with E-state index in [9.17, 15) is 4.79 Å². The minimum absolute atomic E-state index is 0.0517. The van der Waals surface area contributed by atoms with Gasteiger partial charge >= 0.3 is 6.03 Å². The molecule has 24 heavy (non-hydrogen) atoms. The summed E-state index contributed by atoms with van der Waals surface area (Å²) in [6, 6.07) is 15.8. The molecule has 1 aliphatic heterocycles. The van der Waals surface area contributed by atoms with Crippen molar-refractivity contribution in [2.45, 2.75) is 32.7 Å². The maximum Gasteiger partial charge on any atom is 0.322 e. The van der Waals surface area contributed by atoms with Gasteiger partial charge in [0.25, 0.3) is 0 Å². The topological polar surface area (TPSA) is 41.6 Å². The number of urea groups is 1. The first-order chi connectivity index (χ1) is 11.8. The van der Waals surface area contributed by atoms with Crippen LogP contribution in [0.1, 0.15) is 30.9 Å². The minimum atomic E-state index is -0.0517. The molecule has 0 aromatic heterocycles. The second-order valence-electron chi connectivity index (χ2n) is 6.10. The number of nitrogens with one attached hydrogen (secondary N) is 1. The van der Waals surface area contributed by atoms with E-state index in [4.69, 9.17) is 4.74 Å². The highest BCUT2D eigenvalue weighted by atomic mass is 16.5. The van der Waals surface area contributed by atoms with E-state index < -0.39 is 0 Å². The van der Waals surface area contributed by atoms with Crippen LogP contribution in [0, 0.1) is 0 Å². The molecule has 0 spiro atoms. The third-order valence-corrected chi connectivity index (χ3v) is 4.29. The lowest BCUT2D eigenvalue weighted by Gasteiger charge is -2.29. The molecule has 0 aliphatic carbocycles. The van der Waals surface area contributed by atoms with Gasteiger partial charge in [0.15, 0.2) is 0 Å². The van der Waals surface area contributed by atoms with Crippen molar-refractivity contribution < 1.29 is 9.53 Å². The predicted octanol–water partition coefficient (Wildman–Crippen LogP) is 4.46. The number of nitrogens with zero attached hydrogens (tertiary/aromatic N) is 1. The summed E-state index contributed by atoms with van der Waals surface area (Å²) in [5.41, 5.74) is 3.37. The lowest BCUT2D eigenvalue weighted by atomic mass is 10.0. The van der Waals surface area contributed by atoms with Crippen molar-refractivity contribution in [1.82, 2.24) is 4.90 Å². The zero-order valence-corrected chi connectivity index (χ0v) is 14.1. The maximum absolute atomic E-state index is 12.5. The number of hydrogen-bond donors (Lipinski definition) is 1. The fourth-order valence-corrected chi connectivity index (χ4v) is 2.84. The quantitative estimate of drug-likeness (QED) is 0.825. The van der Waals surface area contributed by atoms with Crippen LogP contribution in [0.4, 0.5) is 10.5 Å². The Morgan fingerprint density at radius 1 is 1.12 bits per heavy atom. The van der Waals surface area contributed by atoms with Gasteiger partial charge in [-0.25, -0.2) is 4.79 Å². The Morgan fingerprint density at radius 2 is 1.88 bits per heavy atom. The van der Waals surface area contributed by atoms with Gasteiger partial charge in [-0.1, -0.05) is 37.6 Å². The van der Waals surface area contributed by atoms with Crippen LogP contribution >= 0.6 is 0 Å². The molecule has 4 nitrogen and oxygen atoms in total. The molecular weight excluding hydrogens is 300 g/mol. The number of ether oxygens (including phenoxy) is 1. The fraction of sp³-hybridized carbons (Fsp3) is 0.350. The van der Waals surface area contributed by atoms with E-state index in [0.29, 0.717) is 6.54 Å². The summed E-state index contributed by atoms with van der Waals surface area (Å²) in [6.07, 6.45) is 3.08. The Labute approximate surface area is 143 Å². The molecule has 2 amide bonds. The fourth-order valence-electron chi connectivity index (χ4n) is 2.84.